The predicted molar refractivity (Wildman–Crippen MR) is 100 cm³/mol. The van der Waals surface area contributed by atoms with Crippen molar-refractivity contribution in [2.75, 3.05) is 18.4 Å². The number of carbonyl (C=O) groups is 3. The number of rotatable bonds is 9. The van der Waals surface area contributed by atoms with Crippen LogP contribution in [0.25, 0.3) is 0 Å². The van der Waals surface area contributed by atoms with Crippen LogP contribution in [0.3, 0.4) is 0 Å². The van der Waals surface area contributed by atoms with Crippen LogP contribution in [0.4, 0.5) is 6.01 Å². The maximum absolute atomic E-state index is 13.2. The minimum atomic E-state index is -0.742. The van der Waals surface area contributed by atoms with E-state index >= 15 is 0 Å². The molecule has 0 aromatic carbocycles. The number of nitrogens with one attached hydrogen (secondary N) is 2. The van der Waals surface area contributed by atoms with Crippen molar-refractivity contribution in [3.8, 4) is 0 Å². The lowest BCUT2D eigenvalue weighted by Gasteiger charge is -2.29. The number of aryl methyl sites for hydroxylation is 1. The molecule has 0 bridgehead atoms. The Balaban J connectivity index is 1.67. The van der Waals surface area contributed by atoms with Gasteiger partial charge in [0.25, 0.3) is 5.91 Å². The number of carbonyl (C=O) groups excluding carboxylic acids is 3. The highest BCUT2D eigenvalue weighted by atomic mass is 16.5. The predicted octanol–water partition coefficient (Wildman–Crippen LogP) is 0.720. The topological polar surface area (TPSA) is 141 Å². The van der Waals surface area contributed by atoms with Crippen LogP contribution in [0.2, 0.25) is 0 Å². The first-order valence-corrected chi connectivity index (χ1v) is 10.1. The van der Waals surface area contributed by atoms with Gasteiger partial charge in [-0.05, 0) is 18.8 Å². The standard InChI is InChI=1S/C18H28N6O5/c1-2-15-21-22-18(29-15)20-16(26)14-7-8-19-24(14)17(27)13(10-23(28)11-25)9-12-5-3-4-6-12/h11-14,19,28H,2-10H2,1H3,(H,20,22,26)/t13-,14+/m1/s1. The van der Waals surface area contributed by atoms with Crippen LogP contribution in [0.5, 0.6) is 0 Å². The summed E-state index contributed by atoms with van der Waals surface area (Å²) in [4.78, 5) is 36.7. The quantitative estimate of drug-likeness (QED) is 0.308. The van der Waals surface area contributed by atoms with Gasteiger partial charge in [0.15, 0.2) is 0 Å². The fourth-order valence-corrected chi connectivity index (χ4v) is 4.04. The number of hydrazine groups is 1. The first-order valence-electron chi connectivity index (χ1n) is 10.1. The van der Waals surface area contributed by atoms with E-state index in [-0.39, 0.29) is 24.9 Å². The molecule has 0 unspecified atom stereocenters. The third kappa shape index (κ3) is 5.30. The van der Waals surface area contributed by atoms with Gasteiger partial charge in [0.2, 0.25) is 18.2 Å². The number of nitrogens with zero attached hydrogens (tertiary/aromatic N) is 4. The third-order valence-corrected chi connectivity index (χ3v) is 5.52. The van der Waals surface area contributed by atoms with Crippen molar-refractivity contribution in [3.05, 3.63) is 5.89 Å². The number of hydrogen-bond donors (Lipinski definition) is 3. The van der Waals surface area contributed by atoms with E-state index in [0.29, 0.717) is 42.7 Å². The third-order valence-electron chi connectivity index (χ3n) is 5.52. The molecule has 0 radical (unpaired) electrons. The summed E-state index contributed by atoms with van der Waals surface area (Å²) in [6.45, 7) is 2.21. The molecule has 160 valence electrons. The molecule has 3 amide bonds. The number of hydrogen-bond acceptors (Lipinski definition) is 8. The largest absolute Gasteiger partial charge is 0.408 e. The molecule has 11 nitrogen and oxygen atoms in total. The summed E-state index contributed by atoms with van der Waals surface area (Å²) in [5, 5.41) is 21.6. The summed E-state index contributed by atoms with van der Waals surface area (Å²) < 4.78 is 5.31. The van der Waals surface area contributed by atoms with Crippen molar-refractivity contribution in [2.24, 2.45) is 11.8 Å². The second-order valence-electron chi connectivity index (χ2n) is 7.58. The number of amides is 3. The molecule has 1 saturated carbocycles. The second kappa shape index (κ2) is 9.79. The van der Waals surface area contributed by atoms with Crippen LogP contribution >= 0.6 is 0 Å². The molecule has 2 aliphatic rings. The lowest BCUT2D eigenvalue weighted by molar-refractivity contribution is -0.159. The Kier molecular flexibility index (Phi) is 7.15. The zero-order valence-corrected chi connectivity index (χ0v) is 16.5. The number of aromatic nitrogens is 2. The first kappa shape index (κ1) is 21.2. The minimum absolute atomic E-state index is 0.00357. The van der Waals surface area contributed by atoms with Crippen LogP contribution in [-0.2, 0) is 20.8 Å². The van der Waals surface area contributed by atoms with E-state index in [4.69, 9.17) is 4.42 Å². The van der Waals surface area contributed by atoms with Crippen molar-refractivity contribution in [2.45, 2.75) is 57.9 Å². The van der Waals surface area contributed by atoms with Gasteiger partial charge in [0.05, 0.1) is 12.5 Å². The highest BCUT2D eigenvalue weighted by molar-refractivity contribution is 5.96. The summed E-state index contributed by atoms with van der Waals surface area (Å²) in [6, 6.07) is -0.745. The van der Waals surface area contributed by atoms with E-state index in [1.54, 1.807) is 0 Å². The van der Waals surface area contributed by atoms with Gasteiger partial charge in [-0.2, -0.15) is 0 Å². The highest BCUT2D eigenvalue weighted by Crippen LogP contribution is 2.31. The maximum atomic E-state index is 13.2. The smallest absolute Gasteiger partial charge is 0.322 e. The molecule has 3 rings (SSSR count). The SMILES string of the molecule is CCc1nnc(NC(=O)[C@@H]2CCNN2C(=O)[C@H](CC2CCCC2)CN(O)C=O)o1. The molecule has 11 heteroatoms. The van der Waals surface area contributed by atoms with Crippen LogP contribution in [0.15, 0.2) is 4.42 Å². The molecule has 1 aliphatic heterocycles. The maximum Gasteiger partial charge on any atom is 0.322 e. The lowest BCUT2D eigenvalue weighted by atomic mass is 9.92. The van der Waals surface area contributed by atoms with Crippen LogP contribution < -0.4 is 10.7 Å². The molecule has 1 aromatic heterocycles. The van der Waals surface area contributed by atoms with Gasteiger partial charge >= 0.3 is 6.01 Å². The van der Waals surface area contributed by atoms with Gasteiger partial charge < -0.3 is 4.42 Å². The molecule has 2 atom stereocenters. The van der Waals surface area contributed by atoms with Gasteiger partial charge in [-0.3, -0.25) is 29.9 Å². The summed E-state index contributed by atoms with van der Waals surface area (Å²) in [5.41, 5.74) is 2.95. The molecule has 0 spiro atoms. The highest BCUT2D eigenvalue weighted by Gasteiger charge is 2.39. The van der Waals surface area contributed by atoms with Gasteiger partial charge in [0.1, 0.15) is 6.04 Å². The molecule has 1 saturated heterocycles. The molecule has 2 heterocycles. The average molecular weight is 408 g/mol. The monoisotopic (exact) mass is 408 g/mol. The van der Waals surface area contributed by atoms with Crippen molar-refractivity contribution < 1.29 is 24.0 Å². The molecule has 2 fully saturated rings. The Hall–Kier alpha value is -2.53. The lowest BCUT2D eigenvalue weighted by Crippen LogP contribution is -2.51. The van der Waals surface area contributed by atoms with Crippen LogP contribution in [0, 0.1) is 11.8 Å². The van der Waals surface area contributed by atoms with Crippen molar-refractivity contribution in [1.82, 2.24) is 25.7 Å². The van der Waals surface area contributed by atoms with Crippen molar-refractivity contribution in [3.63, 3.8) is 0 Å². The Labute approximate surface area is 168 Å². The molecule has 29 heavy (non-hydrogen) atoms. The molecule has 1 aromatic rings. The summed E-state index contributed by atoms with van der Waals surface area (Å²) in [6.07, 6.45) is 6.15. The summed E-state index contributed by atoms with van der Waals surface area (Å²) >= 11 is 0. The van der Waals surface area contributed by atoms with Gasteiger partial charge in [-0.25, -0.2) is 10.5 Å². The van der Waals surface area contributed by atoms with E-state index in [9.17, 15) is 19.6 Å². The summed E-state index contributed by atoms with van der Waals surface area (Å²) in [5.74, 6) is -0.541. The van der Waals surface area contributed by atoms with Gasteiger partial charge in [-0.15, -0.1) is 5.10 Å². The number of anilines is 1. The van der Waals surface area contributed by atoms with E-state index < -0.39 is 17.9 Å². The Morgan fingerprint density at radius 3 is 2.79 bits per heavy atom. The van der Waals surface area contributed by atoms with Gasteiger partial charge in [-0.1, -0.05) is 37.7 Å². The molecular formula is C18H28N6O5. The van der Waals surface area contributed by atoms with Crippen molar-refractivity contribution in [1.29, 1.82) is 0 Å². The summed E-state index contributed by atoms with van der Waals surface area (Å²) in [7, 11) is 0. The van der Waals surface area contributed by atoms with Crippen LogP contribution in [0.1, 0.15) is 51.3 Å². The zero-order valence-electron chi connectivity index (χ0n) is 16.5. The fraction of sp³-hybridized carbons (Fsp3) is 0.722. The number of hydroxylamine groups is 2. The van der Waals surface area contributed by atoms with E-state index in [1.165, 1.54) is 5.01 Å². The average Bonchev–Trinajstić information content (AvgIpc) is 3.47. The van der Waals surface area contributed by atoms with E-state index in [0.717, 1.165) is 25.7 Å². The normalized spacial score (nSPS) is 20.6. The zero-order chi connectivity index (χ0) is 20.8. The molecule has 3 N–H and O–H groups in total. The van der Waals surface area contributed by atoms with E-state index in [2.05, 4.69) is 20.9 Å². The Morgan fingerprint density at radius 2 is 2.14 bits per heavy atom. The minimum Gasteiger partial charge on any atom is -0.408 e. The van der Waals surface area contributed by atoms with E-state index in [1.807, 2.05) is 6.92 Å². The van der Waals surface area contributed by atoms with Crippen molar-refractivity contribution >= 4 is 24.2 Å². The molecule has 1 aliphatic carbocycles. The Morgan fingerprint density at radius 1 is 1.38 bits per heavy atom. The fourth-order valence-electron chi connectivity index (χ4n) is 4.04. The molecular weight excluding hydrogens is 380 g/mol. The first-order chi connectivity index (χ1) is 14.0. The van der Waals surface area contributed by atoms with Crippen LogP contribution in [-0.4, -0.2) is 62.8 Å². The second-order valence-corrected chi connectivity index (χ2v) is 7.58. The van der Waals surface area contributed by atoms with Gasteiger partial charge in [0, 0.05) is 13.0 Å². The Bertz CT molecular complexity index is 719.